The van der Waals surface area contributed by atoms with Crippen molar-refractivity contribution in [2.75, 3.05) is 5.32 Å². The lowest BCUT2D eigenvalue weighted by Crippen LogP contribution is -2.31. The molecule has 0 aliphatic rings. The Morgan fingerprint density at radius 2 is 2.12 bits per heavy atom. The van der Waals surface area contributed by atoms with E-state index in [1.54, 1.807) is 36.2 Å². The highest BCUT2D eigenvalue weighted by Crippen LogP contribution is 2.15. The fourth-order valence-electron chi connectivity index (χ4n) is 2.11. The van der Waals surface area contributed by atoms with Crippen LogP contribution in [-0.2, 0) is 11.3 Å². The average molecular weight is 329 g/mol. The number of hydrogen-bond acceptors (Lipinski definition) is 4. The standard InChI is InChI=1S/C17H16FN3O3/c1-12(24-14-6-4-13(18)5-7-14)17(22)20-16-8-9-19-21(16)11-15-3-2-10-23-15/h2-10,12H,11H2,1H3,(H,20,22)/t12-/m1/s1. The Balaban J connectivity index is 1.62. The van der Waals surface area contributed by atoms with E-state index in [9.17, 15) is 9.18 Å². The normalized spacial score (nSPS) is 11.9. The SMILES string of the molecule is C[C@@H](Oc1ccc(F)cc1)C(=O)Nc1ccnn1Cc1ccco1. The molecule has 24 heavy (non-hydrogen) atoms. The first-order valence-electron chi connectivity index (χ1n) is 7.39. The minimum atomic E-state index is -0.748. The van der Waals surface area contributed by atoms with Gasteiger partial charge in [-0.05, 0) is 43.3 Å². The van der Waals surface area contributed by atoms with Gasteiger partial charge in [-0.3, -0.25) is 4.79 Å². The number of nitrogens with zero attached hydrogens (tertiary/aromatic N) is 2. The van der Waals surface area contributed by atoms with E-state index in [2.05, 4.69) is 10.4 Å². The molecule has 1 atom stereocenters. The van der Waals surface area contributed by atoms with E-state index in [0.29, 0.717) is 18.1 Å². The van der Waals surface area contributed by atoms with Crippen LogP contribution in [-0.4, -0.2) is 21.8 Å². The van der Waals surface area contributed by atoms with E-state index in [4.69, 9.17) is 9.15 Å². The zero-order chi connectivity index (χ0) is 16.9. The van der Waals surface area contributed by atoms with E-state index in [0.717, 1.165) is 5.76 Å². The molecule has 0 bridgehead atoms. The largest absolute Gasteiger partial charge is 0.481 e. The van der Waals surface area contributed by atoms with Crippen molar-refractivity contribution in [2.24, 2.45) is 0 Å². The third-order valence-corrected chi connectivity index (χ3v) is 3.35. The summed E-state index contributed by atoms with van der Waals surface area (Å²) in [5, 5.41) is 6.91. The Labute approximate surface area is 137 Å². The lowest BCUT2D eigenvalue weighted by atomic mass is 10.3. The molecule has 124 valence electrons. The number of amides is 1. The fourth-order valence-corrected chi connectivity index (χ4v) is 2.11. The second-order valence-corrected chi connectivity index (χ2v) is 5.16. The molecule has 6 nitrogen and oxygen atoms in total. The zero-order valence-electron chi connectivity index (χ0n) is 13.0. The van der Waals surface area contributed by atoms with Gasteiger partial charge in [0.25, 0.3) is 5.91 Å². The first kappa shape index (κ1) is 15.8. The molecule has 3 aromatic rings. The van der Waals surface area contributed by atoms with Gasteiger partial charge in [-0.25, -0.2) is 9.07 Å². The maximum atomic E-state index is 12.9. The van der Waals surface area contributed by atoms with Crippen LogP contribution in [0.15, 0.2) is 59.3 Å². The molecule has 0 saturated heterocycles. The Morgan fingerprint density at radius 3 is 2.83 bits per heavy atom. The van der Waals surface area contributed by atoms with Crippen molar-refractivity contribution in [2.45, 2.75) is 19.6 Å². The number of halogens is 1. The molecule has 0 saturated carbocycles. The molecule has 2 aromatic heterocycles. The van der Waals surface area contributed by atoms with Crippen molar-refractivity contribution in [3.8, 4) is 5.75 Å². The first-order valence-corrected chi connectivity index (χ1v) is 7.39. The minimum Gasteiger partial charge on any atom is -0.481 e. The van der Waals surface area contributed by atoms with Gasteiger partial charge in [0.05, 0.1) is 12.5 Å². The molecule has 1 N–H and O–H groups in total. The summed E-state index contributed by atoms with van der Waals surface area (Å²) in [6.07, 6.45) is 2.42. The van der Waals surface area contributed by atoms with Crippen molar-refractivity contribution < 1.29 is 18.3 Å². The molecule has 0 aliphatic carbocycles. The number of nitrogens with one attached hydrogen (secondary N) is 1. The van der Waals surface area contributed by atoms with E-state index in [1.807, 2.05) is 6.07 Å². The molecule has 7 heteroatoms. The summed E-state index contributed by atoms with van der Waals surface area (Å²) in [5.74, 6) is 0.987. The molecule has 1 amide bonds. The maximum Gasteiger partial charge on any atom is 0.266 e. The molecule has 0 spiro atoms. The first-order chi connectivity index (χ1) is 11.6. The summed E-state index contributed by atoms with van der Waals surface area (Å²) < 4.78 is 25.3. The summed E-state index contributed by atoms with van der Waals surface area (Å²) in [6, 6.07) is 10.8. The van der Waals surface area contributed by atoms with Crippen LogP contribution in [0, 0.1) is 5.82 Å². The monoisotopic (exact) mass is 329 g/mol. The number of hydrogen-bond donors (Lipinski definition) is 1. The van der Waals surface area contributed by atoms with Crippen molar-refractivity contribution in [3.05, 3.63) is 66.5 Å². The maximum absolute atomic E-state index is 12.9. The average Bonchev–Trinajstić information content (AvgIpc) is 3.22. The van der Waals surface area contributed by atoms with Crippen molar-refractivity contribution in [1.82, 2.24) is 9.78 Å². The second-order valence-electron chi connectivity index (χ2n) is 5.16. The highest BCUT2D eigenvalue weighted by molar-refractivity contribution is 5.93. The Morgan fingerprint density at radius 1 is 1.33 bits per heavy atom. The van der Waals surface area contributed by atoms with Gasteiger partial charge in [-0.15, -0.1) is 0 Å². The smallest absolute Gasteiger partial charge is 0.266 e. The summed E-state index contributed by atoms with van der Waals surface area (Å²) in [4.78, 5) is 12.3. The lowest BCUT2D eigenvalue weighted by Gasteiger charge is -2.15. The van der Waals surface area contributed by atoms with Crippen molar-refractivity contribution in [3.63, 3.8) is 0 Å². The highest BCUT2D eigenvalue weighted by Gasteiger charge is 2.17. The Bertz CT molecular complexity index is 797. The van der Waals surface area contributed by atoms with Crippen LogP contribution in [0.3, 0.4) is 0 Å². The number of anilines is 1. The predicted octanol–water partition coefficient (Wildman–Crippen LogP) is 3.07. The van der Waals surface area contributed by atoms with Crippen molar-refractivity contribution >= 4 is 11.7 Å². The number of furan rings is 1. The van der Waals surface area contributed by atoms with Gasteiger partial charge in [0.2, 0.25) is 0 Å². The van der Waals surface area contributed by atoms with Crippen LogP contribution < -0.4 is 10.1 Å². The summed E-state index contributed by atoms with van der Waals surface area (Å²) >= 11 is 0. The molecule has 0 unspecified atom stereocenters. The van der Waals surface area contributed by atoms with Gasteiger partial charge >= 0.3 is 0 Å². The van der Waals surface area contributed by atoms with E-state index in [-0.39, 0.29) is 11.7 Å². The van der Waals surface area contributed by atoms with Gasteiger partial charge in [0, 0.05) is 6.07 Å². The second kappa shape index (κ2) is 6.99. The highest BCUT2D eigenvalue weighted by atomic mass is 19.1. The number of carbonyl (C=O) groups excluding carboxylic acids is 1. The van der Waals surface area contributed by atoms with Crippen molar-refractivity contribution in [1.29, 1.82) is 0 Å². The zero-order valence-corrected chi connectivity index (χ0v) is 13.0. The van der Waals surface area contributed by atoms with Gasteiger partial charge in [0.1, 0.15) is 29.7 Å². The molecule has 0 fully saturated rings. The minimum absolute atomic E-state index is 0.333. The molecule has 2 heterocycles. The van der Waals surface area contributed by atoms with Crippen LogP contribution in [0.25, 0.3) is 0 Å². The van der Waals surface area contributed by atoms with Gasteiger partial charge < -0.3 is 14.5 Å². The third-order valence-electron chi connectivity index (χ3n) is 3.35. The quantitative estimate of drug-likeness (QED) is 0.754. The number of rotatable bonds is 6. The number of benzene rings is 1. The van der Waals surface area contributed by atoms with Gasteiger partial charge in [-0.2, -0.15) is 5.10 Å². The molecular weight excluding hydrogens is 313 g/mol. The molecule has 0 aliphatic heterocycles. The topological polar surface area (TPSA) is 69.3 Å². The van der Waals surface area contributed by atoms with Gasteiger partial charge in [0.15, 0.2) is 6.10 Å². The molecule has 1 aromatic carbocycles. The van der Waals surface area contributed by atoms with Crippen LogP contribution in [0.5, 0.6) is 5.75 Å². The number of carbonyl (C=O) groups is 1. The van der Waals surface area contributed by atoms with E-state index in [1.165, 1.54) is 24.3 Å². The number of ether oxygens (including phenoxy) is 1. The third kappa shape index (κ3) is 3.81. The summed E-state index contributed by atoms with van der Waals surface area (Å²) in [5.41, 5.74) is 0. The van der Waals surface area contributed by atoms with Crippen LogP contribution in [0.2, 0.25) is 0 Å². The molecular formula is C17H16FN3O3. The Kier molecular flexibility index (Phi) is 4.60. The predicted molar refractivity (Wildman–Crippen MR) is 85.2 cm³/mol. The van der Waals surface area contributed by atoms with Crippen LogP contribution in [0.1, 0.15) is 12.7 Å². The van der Waals surface area contributed by atoms with Crippen LogP contribution in [0.4, 0.5) is 10.2 Å². The van der Waals surface area contributed by atoms with E-state index < -0.39 is 6.10 Å². The molecule has 0 radical (unpaired) electrons. The van der Waals surface area contributed by atoms with Gasteiger partial charge in [-0.1, -0.05) is 0 Å². The lowest BCUT2D eigenvalue weighted by molar-refractivity contribution is -0.122. The van der Waals surface area contributed by atoms with Crippen LogP contribution >= 0.6 is 0 Å². The molecule has 3 rings (SSSR count). The number of aromatic nitrogens is 2. The Hall–Kier alpha value is -3.09. The fraction of sp³-hybridized carbons (Fsp3) is 0.176. The summed E-state index contributed by atoms with van der Waals surface area (Å²) in [6.45, 7) is 2.02. The summed E-state index contributed by atoms with van der Waals surface area (Å²) in [7, 11) is 0. The van der Waals surface area contributed by atoms with E-state index >= 15 is 0 Å².